The summed E-state index contributed by atoms with van der Waals surface area (Å²) in [4.78, 5) is 24.3. The smallest absolute Gasteiger partial charge is 0.293 e. The van der Waals surface area contributed by atoms with Crippen LogP contribution in [0.15, 0.2) is 42.5 Å². The highest BCUT2D eigenvalue weighted by atomic mass is 35.5. The van der Waals surface area contributed by atoms with Gasteiger partial charge in [-0.25, -0.2) is 0 Å². The molecule has 0 aromatic heterocycles. The molecule has 7 heteroatoms. The predicted octanol–water partition coefficient (Wildman–Crippen LogP) is 4.46. The van der Waals surface area contributed by atoms with Gasteiger partial charge >= 0.3 is 0 Å². The molecule has 0 aliphatic rings. The van der Waals surface area contributed by atoms with E-state index in [1.54, 1.807) is 24.3 Å². The summed E-state index contributed by atoms with van der Waals surface area (Å²) in [6.45, 7) is 0. The molecule has 0 bridgehead atoms. The minimum atomic E-state index is -1.39. The lowest BCUT2D eigenvalue weighted by atomic mass is 9.95. The number of hydrogen-bond donors (Lipinski definition) is 1. The molecule has 2 aromatic carbocycles. The first-order valence-electron chi connectivity index (χ1n) is 6.38. The lowest BCUT2D eigenvalue weighted by Crippen LogP contribution is -2.28. The van der Waals surface area contributed by atoms with Crippen molar-refractivity contribution in [1.82, 2.24) is 0 Å². The molecular formula is C16H9Cl3N2O2. The van der Waals surface area contributed by atoms with Crippen LogP contribution >= 0.6 is 34.8 Å². The normalized spacial score (nSPS) is 11.4. The zero-order valence-corrected chi connectivity index (χ0v) is 13.8. The number of nitrogens with zero attached hydrogens (tertiary/aromatic N) is 1. The van der Waals surface area contributed by atoms with Crippen molar-refractivity contribution >= 4 is 52.2 Å². The maximum atomic E-state index is 12.3. The van der Waals surface area contributed by atoms with Crippen LogP contribution in [0.2, 0.25) is 15.1 Å². The van der Waals surface area contributed by atoms with Gasteiger partial charge in [0.15, 0.2) is 0 Å². The number of carbonyl (C=O) groups is 2. The van der Waals surface area contributed by atoms with Gasteiger partial charge in [0.2, 0.25) is 5.78 Å². The Kier molecular flexibility index (Phi) is 5.62. The summed E-state index contributed by atoms with van der Waals surface area (Å²) < 4.78 is 0. The Morgan fingerprint density at radius 1 is 1.00 bits per heavy atom. The van der Waals surface area contributed by atoms with Crippen molar-refractivity contribution in [2.45, 2.75) is 5.92 Å². The molecule has 0 aliphatic carbocycles. The van der Waals surface area contributed by atoms with Crippen molar-refractivity contribution in [3.8, 4) is 6.07 Å². The summed E-state index contributed by atoms with van der Waals surface area (Å²) in [5, 5.41) is 12.5. The Labute approximate surface area is 147 Å². The van der Waals surface area contributed by atoms with Gasteiger partial charge in [0.05, 0.1) is 6.07 Å². The van der Waals surface area contributed by atoms with Crippen LogP contribution in [0.4, 0.5) is 5.69 Å². The summed E-state index contributed by atoms with van der Waals surface area (Å²) >= 11 is 17.7. The zero-order chi connectivity index (χ0) is 17.0. The fourth-order valence-corrected chi connectivity index (χ4v) is 2.64. The second-order valence-electron chi connectivity index (χ2n) is 4.52. The quantitative estimate of drug-likeness (QED) is 0.811. The lowest BCUT2D eigenvalue weighted by Gasteiger charge is -2.12. The number of hydrogen-bond acceptors (Lipinski definition) is 3. The maximum absolute atomic E-state index is 12.3. The first-order chi connectivity index (χ1) is 10.9. The van der Waals surface area contributed by atoms with Crippen LogP contribution in [-0.4, -0.2) is 11.7 Å². The number of carbonyl (C=O) groups excluding carboxylic acids is 2. The summed E-state index contributed by atoms with van der Waals surface area (Å²) in [6.07, 6.45) is 0. The molecule has 23 heavy (non-hydrogen) atoms. The van der Waals surface area contributed by atoms with Crippen molar-refractivity contribution in [2.75, 3.05) is 5.32 Å². The number of rotatable bonds is 4. The molecule has 0 radical (unpaired) electrons. The van der Waals surface area contributed by atoms with Crippen LogP contribution < -0.4 is 5.32 Å². The number of nitriles is 1. The molecule has 0 saturated heterocycles. The van der Waals surface area contributed by atoms with Gasteiger partial charge in [-0.3, -0.25) is 9.59 Å². The van der Waals surface area contributed by atoms with Gasteiger partial charge in [0.1, 0.15) is 5.92 Å². The third kappa shape index (κ3) is 4.02. The van der Waals surface area contributed by atoms with E-state index in [2.05, 4.69) is 5.32 Å². The van der Waals surface area contributed by atoms with Crippen LogP contribution in [-0.2, 0) is 9.59 Å². The number of ketones is 1. The largest absolute Gasteiger partial charge is 0.319 e. The fraction of sp³-hybridized carbons (Fsp3) is 0.0625. The Hall–Kier alpha value is -2.06. The first-order valence-corrected chi connectivity index (χ1v) is 7.51. The number of benzene rings is 2. The number of halogens is 3. The van der Waals surface area contributed by atoms with Gasteiger partial charge in [-0.1, -0.05) is 40.9 Å². The highest BCUT2D eigenvalue weighted by Gasteiger charge is 2.30. The average molecular weight is 368 g/mol. The summed E-state index contributed by atoms with van der Waals surface area (Å²) in [5.74, 6) is -3.27. The van der Waals surface area contributed by atoms with Gasteiger partial charge in [-0.15, -0.1) is 0 Å². The average Bonchev–Trinajstić information content (AvgIpc) is 2.52. The van der Waals surface area contributed by atoms with Gasteiger partial charge < -0.3 is 5.32 Å². The number of anilines is 1. The van der Waals surface area contributed by atoms with Gasteiger partial charge in [-0.05, 0) is 36.4 Å². The van der Waals surface area contributed by atoms with Crippen molar-refractivity contribution in [3.05, 3.63) is 63.1 Å². The summed E-state index contributed by atoms with van der Waals surface area (Å²) in [6, 6.07) is 12.6. The topological polar surface area (TPSA) is 70.0 Å². The third-order valence-corrected chi connectivity index (χ3v) is 3.92. The lowest BCUT2D eigenvalue weighted by molar-refractivity contribution is -0.135. The van der Waals surface area contributed by atoms with E-state index >= 15 is 0 Å². The number of amides is 1. The van der Waals surface area contributed by atoms with Crippen LogP contribution in [0.1, 0.15) is 11.5 Å². The monoisotopic (exact) mass is 366 g/mol. The van der Waals surface area contributed by atoms with Crippen molar-refractivity contribution in [2.24, 2.45) is 0 Å². The van der Waals surface area contributed by atoms with Gasteiger partial charge in [0, 0.05) is 26.3 Å². The standard InChI is InChI=1S/C16H9Cl3N2O2/c17-9-4-6-10(7-5-9)21-16(23)15(22)11(8-20)14-12(18)2-1-3-13(14)19/h1-7,11H,(H,21,23)/t11-/m0/s1. The minimum absolute atomic E-state index is 0.120. The van der Waals surface area contributed by atoms with E-state index in [1.807, 2.05) is 0 Å². The molecule has 0 aliphatic heterocycles. The van der Waals surface area contributed by atoms with Gasteiger partial charge in [0.25, 0.3) is 5.91 Å². The molecule has 116 valence electrons. The van der Waals surface area contributed by atoms with Gasteiger partial charge in [-0.2, -0.15) is 5.26 Å². The summed E-state index contributed by atoms with van der Waals surface area (Å²) in [7, 11) is 0. The van der Waals surface area contributed by atoms with Crippen molar-refractivity contribution in [1.29, 1.82) is 5.26 Å². The third-order valence-electron chi connectivity index (χ3n) is 3.01. The molecule has 2 aromatic rings. The molecule has 0 saturated carbocycles. The fourth-order valence-electron chi connectivity index (χ4n) is 1.90. The van der Waals surface area contributed by atoms with Crippen LogP contribution in [0.5, 0.6) is 0 Å². The molecule has 1 atom stereocenters. The Morgan fingerprint density at radius 2 is 1.57 bits per heavy atom. The predicted molar refractivity (Wildman–Crippen MR) is 89.9 cm³/mol. The van der Waals surface area contributed by atoms with E-state index in [-0.39, 0.29) is 15.6 Å². The molecule has 0 fully saturated rings. The Balaban J connectivity index is 2.25. The Bertz CT molecular complexity index is 778. The van der Waals surface area contributed by atoms with E-state index in [9.17, 15) is 14.9 Å². The SMILES string of the molecule is N#C[C@H](C(=O)C(=O)Nc1ccc(Cl)cc1)c1c(Cl)cccc1Cl. The van der Waals surface area contributed by atoms with E-state index < -0.39 is 17.6 Å². The zero-order valence-electron chi connectivity index (χ0n) is 11.5. The first kappa shape index (κ1) is 17.3. The van der Waals surface area contributed by atoms with Crippen molar-refractivity contribution in [3.63, 3.8) is 0 Å². The second-order valence-corrected chi connectivity index (χ2v) is 5.77. The van der Waals surface area contributed by atoms with E-state index in [4.69, 9.17) is 34.8 Å². The molecular weight excluding hydrogens is 359 g/mol. The van der Waals surface area contributed by atoms with Crippen LogP contribution in [0, 0.1) is 11.3 Å². The van der Waals surface area contributed by atoms with E-state index in [0.717, 1.165) is 0 Å². The highest BCUT2D eigenvalue weighted by molar-refractivity contribution is 6.44. The highest BCUT2D eigenvalue weighted by Crippen LogP contribution is 2.32. The van der Waals surface area contributed by atoms with Crippen LogP contribution in [0.3, 0.4) is 0 Å². The molecule has 1 N–H and O–H groups in total. The van der Waals surface area contributed by atoms with Crippen LogP contribution in [0.25, 0.3) is 0 Å². The molecule has 1 amide bonds. The number of nitrogens with one attached hydrogen (secondary N) is 1. The summed E-state index contributed by atoms with van der Waals surface area (Å²) in [5.41, 5.74) is 0.504. The van der Waals surface area contributed by atoms with E-state index in [1.165, 1.54) is 24.3 Å². The number of Topliss-reactive ketones (excluding diaryl/α,β-unsaturated/α-hetero) is 1. The molecule has 0 unspecified atom stereocenters. The van der Waals surface area contributed by atoms with Crippen molar-refractivity contribution < 1.29 is 9.59 Å². The molecule has 0 spiro atoms. The maximum Gasteiger partial charge on any atom is 0.293 e. The molecule has 2 rings (SSSR count). The Morgan fingerprint density at radius 3 is 2.09 bits per heavy atom. The molecule has 4 nitrogen and oxygen atoms in total. The van der Waals surface area contributed by atoms with E-state index in [0.29, 0.717) is 10.7 Å². The molecule has 0 heterocycles. The second kappa shape index (κ2) is 7.47. The minimum Gasteiger partial charge on any atom is -0.319 e.